The number of phosphoric acid groups is 2. The number of aliphatic hydroxyl groups is 1. The first-order valence-electron chi connectivity index (χ1n) is 34.6. The minimum absolute atomic E-state index is 0.103. The zero-order valence-electron chi connectivity index (χ0n) is 54.7. The van der Waals surface area contributed by atoms with Crippen molar-refractivity contribution in [3.63, 3.8) is 0 Å². The average molecular weight is 1260 g/mol. The fourth-order valence-electron chi connectivity index (χ4n) is 9.94. The fraction of sp³-hybridized carbons (Fsp3) is 0.939. The molecule has 0 aromatic heterocycles. The van der Waals surface area contributed by atoms with Crippen molar-refractivity contribution in [2.24, 2.45) is 5.92 Å². The lowest BCUT2D eigenvalue weighted by molar-refractivity contribution is -0.161. The van der Waals surface area contributed by atoms with E-state index in [1.807, 2.05) is 0 Å². The minimum atomic E-state index is -4.94. The van der Waals surface area contributed by atoms with Gasteiger partial charge in [-0.1, -0.05) is 285 Å². The van der Waals surface area contributed by atoms with Crippen molar-refractivity contribution in [1.82, 2.24) is 0 Å². The van der Waals surface area contributed by atoms with E-state index in [2.05, 4.69) is 34.6 Å². The summed E-state index contributed by atoms with van der Waals surface area (Å²) in [5.74, 6) is -1.35. The molecule has 0 saturated heterocycles. The van der Waals surface area contributed by atoms with E-state index in [4.69, 9.17) is 37.0 Å². The molecule has 0 aliphatic rings. The van der Waals surface area contributed by atoms with Gasteiger partial charge in [-0.05, 0) is 31.6 Å². The number of hydrogen-bond donors (Lipinski definition) is 3. The summed E-state index contributed by atoms with van der Waals surface area (Å²) >= 11 is 0. The SMILES string of the molecule is CCCCCCCCCCCCCCCCCCCC(=O)O[C@H](COC(=O)CCCCCCCCCCCCCCCC(C)C)COP(=O)(O)OC[C@@H](O)COP(=O)(O)OC[C@@H](COC(=O)CCCCCCC)OC(=O)CCCCCCCCC. The van der Waals surface area contributed by atoms with Crippen LogP contribution in [0.2, 0.25) is 0 Å². The van der Waals surface area contributed by atoms with E-state index in [1.54, 1.807) is 0 Å². The van der Waals surface area contributed by atoms with Crippen molar-refractivity contribution in [3.05, 3.63) is 0 Å². The number of carbonyl (C=O) groups is 4. The van der Waals surface area contributed by atoms with E-state index in [0.717, 1.165) is 115 Å². The number of aliphatic hydroxyl groups excluding tert-OH is 1. The summed E-state index contributed by atoms with van der Waals surface area (Å²) in [6.07, 6.45) is 45.0. The molecule has 85 heavy (non-hydrogen) atoms. The third-order valence-corrected chi connectivity index (χ3v) is 17.2. The summed E-state index contributed by atoms with van der Waals surface area (Å²) in [6, 6.07) is 0. The molecule has 2 unspecified atom stereocenters. The van der Waals surface area contributed by atoms with Crippen LogP contribution in [0.4, 0.5) is 0 Å². The number of esters is 4. The molecule has 0 aromatic carbocycles. The number of unbranched alkanes of at least 4 members (excludes halogenated alkanes) is 38. The van der Waals surface area contributed by atoms with Gasteiger partial charge >= 0.3 is 39.5 Å². The molecule has 17 nitrogen and oxygen atoms in total. The fourth-order valence-corrected chi connectivity index (χ4v) is 11.5. The Morgan fingerprint density at radius 3 is 0.800 bits per heavy atom. The summed E-state index contributed by atoms with van der Waals surface area (Å²) in [5, 5.41) is 10.5. The maximum atomic E-state index is 13.0. The first-order valence-corrected chi connectivity index (χ1v) is 37.6. The molecule has 0 bridgehead atoms. The highest BCUT2D eigenvalue weighted by Crippen LogP contribution is 2.45. The lowest BCUT2D eigenvalue weighted by atomic mass is 10.0. The van der Waals surface area contributed by atoms with Crippen LogP contribution >= 0.6 is 15.6 Å². The van der Waals surface area contributed by atoms with Crippen LogP contribution in [0.3, 0.4) is 0 Å². The Kier molecular flexibility index (Phi) is 58.3. The predicted molar refractivity (Wildman–Crippen MR) is 340 cm³/mol. The molecule has 5 atom stereocenters. The lowest BCUT2D eigenvalue weighted by Crippen LogP contribution is -2.30. The van der Waals surface area contributed by atoms with Crippen molar-refractivity contribution in [2.45, 2.75) is 355 Å². The predicted octanol–water partition coefficient (Wildman–Crippen LogP) is 18.6. The highest BCUT2D eigenvalue weighted by molar-refractivity contribution is 7.47. The van der Waals surface area contributed by atoms with Crippen LogP contribution in [0.5, 0.6) is 0 Å². The topological polar surface area (TPSA) is 237 Å². The van der Waals surface area contributed by atoms with Crippen LogP contribution in [-0.2, 0) is 65.4 Å². The quantitative estimate of drug-likeness (QED) is 0.0222. The number of hydrogen-bond acceptors (Lipinski definition) is 15. The van der Waals surface area contributed by atoms with Gasteiger partial charge in [0.1, 0.15) is 19.3 Å². The molecule has 0 aliphatic heterocycles. The zero-order chi connectivity index (χ0) is 62.8. The van der Waals surface area contributed by atoms with Crippen molar-refractivity contribution in [1.29, 1.82) is 0 Å². The number of ether oxygens (including phenoxy) is 4. The van der Waals surface area contributed by atoms with Crippen LogP contribution in [0.1, 0.15) is 336 Å². The molecule has 0 saturated carbocycles. The molecule has 3 N–H and O–H groups in total. The molecule has 504 valence electrons. The molecule has 0 spiro atoms. The molecular formula is C66H128O17P2. The molecule has 0 aromatic rings. The van der Waals surface area contributed by atoms with Gasteiger partial charge in [-0.3, -0.25) is 37.3 Å². The normalized spacial score (nSPS) is 14.2. The maximum Gasteiger partial charge on any atom is 0.472 e. The highest BCUT2D eigenvalue weighted by Gasteiger charge is 2.30. The van der Waals surface area contributed by atoms with Crippen molar-refractivity contribution < 1.29 is 80.2 Å². The second kappa shape index (κ2) is 59.7. The van der Waals surface area contributed by atoms with E-state index < -0.39 is 97.5 Å². The second-order valence-corrected chi connectivity index (χ2v) is 27.2. The van der Waals surface area contributed by atoms with Crippen LogP contribution < -0.4 is 0 Å². The van der Waals surface area contributed by atoms with E-state index in [1.165, 1.54) is 141 Å². The van der Waals surface area contributed by atoms with Gasteiger partial charge < -0.3 is 33.8 Å². The van der Waals surface area contributed by atoms with Gasteiger partial charge in [-0.15, -0.1) is 0 Å². The van der Waals surface area contributed by atoms with Crippen molar-refractivity contribution in [2.75, 3.05) is 39.6 Å². The van der Waals surface area contributed by atoms with Gasteiger partial charge in [0, 0.05) is 25.7 Å². The van der Waals surface area contributed by atoms with Gasteiger partial charge in [-0.25, -0.2) is 9.13 Å². The Hall–Kier alpha value is -1.94. The van der Waals surface area contributed by atoms with Crippen LogP contribution in [0, 0.1) is 5.92 Å². The van der Waals surface area contributed by atoms with E-state index in [-0.39, 0.29) is 25.7 Å². The summed E-state index contributed by atoms with van der Waals surface area (Å²) in [6.45, 7) is 7.10. The molecule has 0 fully saturated rings. The van der Waals surface area contributed by atoms with E-state index >= 15 is 0 Å². The van der Waals surface area contributed by atoms with E-state index in [0.29, 0.717) is 25.7 Å². The van der Waals surface area contributed by atoms with Crippen LogP contribution in [0.15, 0.2) is 0 Å². The Morgan fingerprint density at radius 2 is 0.541 bits per heavy atom. The smallest absolute Gasteiger partial charge is 0.462 e. The lowest BCUT2D eigenvalue weighted by Gasteiger charge is -2.21. The van der Waals surface area contributed by atoms with Gasteiger partial charge in [0.15, 0.2) is 12.2 Å². The molecule has 0 rings (SSSR count). The number of carbonyl (C=O) groups excluding carboxylic acids is 4. The third-order valence-electron chi connectivity index (χ3n) is 15.3. The standard InChI is InChI=1S/C66H128O17P2/c1-6-9-12-15-17-18-19-20-21-22-23-26-30-33-37-42-47-52-66(71)83-62(56-77-64(69)50-45-40-36-32-29-27-24-25-28-31-35-39-43-48-59(4)5)58-81-85(74,75)79-54-60(67)53-78-84(72,73)80-57-61(55-76-63(68)49-44-38-14-11-8-3)82-65(70)51-46-41-34-16-13-10-7-2/h59-62,67H,6-58H2,1-5H3,(H,72,73)(H,74,75)/t60-,61+,62+/m0/s1. The van der Waals surface area contributed by atoms with Gasteiger partial charge in [0.05, 0.1) is 26.4 Å². The van der Waals surface area contributed by atoms with Crippen molar-refractivity contribution >= 4 is 39.5 Å². The second-order valence-electron chi connectivity index (χ2n) is 24.3. The average Bonchev–Trinajstić information content (AvgIpc) is 3.55. The Balaban J connectivity index is 5.12. The third kappa shape index (κ3) is 60.7. The van der Waals surface area contributed by atoms with Gasteiger partial charge in [0.2, 0.25) is 0 Å². The van der Waals surface area contributed by atoms with Crippen LogP contribution in [-0.4, -0.2) is 96.7 Å². The first-order chi connectivity index (χ1) is 41.0. The molecular weight excluding hydrogens is 1130 g/mol. The number of phosphoric ester groups is 2. The summed E-state index contributed by atoms with van der Waals surface area (Å²) in [4.78, 5) is 71.9. The van der Waals surface area contributed by atoms with Crippen molar-refractivity contribution in [3.8, 4) is 0 Å². The zero-order valence-corrected chi connectivity index (χ0v) is 56.5. The monoisotopic (exact) mass is 1250 g/mol. The molecule has 0 aliphatic carbocycles. The minimum Gasteiger partial charge on any atom is -0.462 e. The molecule has 19 heteroatoms. The highest BCUT2D eigenvalue weighted by atomic mass is 31.2. The number of rotatable bonds is 66. The summed E-state index contributed by atoms with van der Waals surface area (Å²) < 4.78 is 67.8. The van der Waals surface area contributed by atoms with Gasteiger partial charge in [0.25, 0.3) is 0 Å². The van der Waals surface area contributed by atoms with E-state index in [9.17, 15) is 43.2 Å². The largest absolute Gasteiger partial charge is 0.472 e. The van der Waals surface area contributed by atoms with Gasteiger partial charge in [-0.2, -0.15) is 0 Å². The Bertz CT molecular complexity index is 1650. The first kappa shape index (κ1) is 83.1. The Morgan fingerprint density at radius 1 is 0.318 bits per heavy atom. The Labute approximate surface area is 517 Å². The molecule has 0 heterocycles. The van der Waals surface area contributed by atoms with Crippen LogP contribution in [0.25, 0.3) is 0 Å². The summed E-state index contributed by atoms with van der Waals surface area (Å²) in [7, 11) is -9.87. The maximum absolute atomic E-state index is 13.0. The summed E-state index contributed by atoms with van der Waals surface area (Å²) in [5.41, 5.74) is 0. The molecule has 0 radical (unpaired) electrons. The molecule has 0 amide bonds.